The summed E-state index contributed by atoms with van der Waals surface area (Å²) < 4.78 is 41.0. The minimum atomic E-state index is -4.36. The van der Waals surface area contributed by atoms with E-state index in [1.54, 1.807) is 18.6 Å². The molecular weight excluding hydrogens is 335 g/mol. The first-order valence-electron chi connectivity index (χ1n) is 6.03. The van der Waals surface area contributed by atoms with Gasteiger partial charge in [-0.2, -0.15) is 13.2 Å². The zero-order valence-corrected chi connectivity index (χ0v) is 12.1. The second kappa shape index (κ2) is 6.30. The number of rotatable bonds is 5. The van der Waals surface area contributed by atoms with Crippen LogP contribution in [0.5, 0.6) is 0 Å². The van der Waals surface area contributed by atoms with Crippen molar-refractivity contribution in [1.29, 1.82) is 0 Å². The van der Waals surface area contributed by atoms with Crippen molar-refractivity contribution in [2.45, 2.75) is 19.1 Å². The summed E-state index contributed by atoms with van der Waals surface area (Å²) in [4.78, 5) is 3.90. The first-order chi connectivity index (χ1) is 9.47. The maximum absolute atomic E-state index is 12.9. The Labute approximate surface area is 123 Å². The molecule has 0 aliphatic rings. The summed E-state index contributed by atoms with van der Waals surface area (Å²) in [7, 11) is 0. The van der Waals surface area contributed by atoms with Gasteiger partial charge in [-0.1, -0.05) is 15.9 Å². The highest BCUT2D eigenvalue weighted by Gasteiger charge is 2.33. The van der Waals surface area contributed by atoms with E-state index in [1.165, 1.54) is 6.07 Å². The molecule has 1 aromatic carbocycles. The van der Waals surface area contributed by atoms with Crippen molar-refractivity contribution in [3.05, 3.63) is 47.0 Å². The molecule has 0 aliphatic carbocycles. The highest BCUT2D eigenvalue weighted by Crippen LogP contribution is 2.36. The fraction of sp³-hybridized carbons (Fsp3) is 0.308. The number of imidazole rings is 1. The van der Waals surface area contributed by atoms with Crippen LogP contribution >= 0.6 is 15.9 Å². The average molecular weight is 348 g/mol. The van der Waals surface area contributed by atoms with E-state index in [-0.39, 0.29) is 5.69 Å². The standard InChI is InChI=1S/C13H13BrF3N3/c14-10-2-3-12(11(8-10)13(15,16)17)19-4-1-6-20-7-5-18-9-20/h2-3,5,7-9,19H,1,4,6H2. The smallest absolute Gasteiger partial charge is 0.384 e. The number of halogens is 4. The molecule has 2 aromatic rings. The van der Waals surface area contributed by atoms with E-state index in [1.807, 2.05) is 10.8 Å². The first-order valence-corrected chi connectivity index (χ1v) is 6.82. The normalized spacial score (nSPS) is 11.6. The van der Waals surface area contributed by atoms with Crippen molar-refractivity contribution in [2.75, 3.05) is 11.9 Å². The van der Waals surface area contributed by atoms with Gasteiger partial charge in [0, 0.05) is 35.6 Å². The van der Waals surface area contributed by atoms with Crippen LogP contribution in [0.4, 0.5) is 18.9 Å². The van der Waals surface area contributed by atoms with Crippen LogP contribution in [0.1, 0.15) is 12.0 Å². The molecule has 7 heteroatoms. The Kier molecular flexibility index (Phi) is 4.69. The number of anilines is 1. The van der Waals surface area contributed by atoms with E-state index in [2.05, 4.69) is 26.2 Å². The fourth-order valence-corrected chi connectivity index (χ4v) is 2.17. The lowest BCUT2D eigenvalue weighted by atomic mass is 10.1. The van der Waals surface area contributed by atoms with Crippen LogP contribution in [0.25, 0.3) is 0 Å². The SMILES string of the molecule is FC(F)(F)c1cc(Br)ccc1NCCCn1ccnc1. The van der Waals surface area contributed by atoms with E-state index in [0.717, 1.165) is 6.07 Å². The Morgan fingerprint density at radius 2 is 2.10 bits per heavy atom. The number of benzene rings is 1. The molecule has 0 saturated carbocycles. The molecule has 1 N–H and O–H groups in total. The third-order valence-corrected chi connectivity index (χ3v) is 3.25. The third kappa shape index (κ3) is 4.00. The molecular formula is C13H13BrF3N3. The Morgan fingerprint density at radius 3 is 2.75 bits per heavy atom. The number of aromatic nitrogens is 2. The molecule has 108 valence electrons. The lowest BCUT2D eigenvalue weighted by Crippen LogP contribution is -2.12. The number of aryl methyl sites for hydroxylation is 1. The Morgan fingerprint density at radius 1 is 1.30 bits per heavy atom. The summed E-state index contributed by atoms with van der Waals surface area (Å²) in [6.45, 7) is 1.17. The molecule has 0 atom stereocenters. The molecule has 0 saturated heterocycles. The molecule has 20 heavy (non-hydrogen) atoms. The van der Waals surface area contributed by atoms with E-state index in [4.69, 9.17) is 0 Å². The largest absolute Gasteiger partial charge is 0.418 e. The molecule has 1 aromatic heterocycles. The van der Waals surface area contributed by atoms with Gasteiger partial charge in [0.15, 0.2) is 0 Å². The van der Waals surface area contributed by atoms with Crippen LogP contribution in [0.15, 0.2) is 41.4 Å². The molecule has 1 heterocycles. The predicted octanol–water partition coefficient (Wildman–Crippen LogP) is 4.17. The van der Waals surface area contributed by atoms with Crippen LogP contribution in [-0.2, 0) is 12.7 Å². The third-order valence-electron chi connectivity index (χ3n) is 2.75. The number of nitrogens with one attached hydrogen (secondary N) is 1. The number of hydrogen-bond donors (Lipinski definition) is 1. The van der Waals surface area contributed by atoms with Crippen molar-refractivity contribution in [2.24, 2.45) is 0 Å². The van der Waals surface area contributed by atoms with Gasteiger partial charge in [-0.25, -0.2) is 4.98 Å². The molecule has 0 radical (unpaired) electrons. The number of nitrogens with zero attached hydrogens (tertiary/aromatic N) is 2. The molecule has 0 bridgehead atoms. The van der Waals surface area contributed by atoms with Crippen molar-refractivity contribution < 1.29 is 13.2 Å². The highest BCUT2D eigenvalue weighted by molar-refractivity contribution is 9.10. The zero-order chi connectivity index (χ0) is 14.6. The van der Waals surface area contributed by atoms with Crippen molar-refractivity contribution in [3.63, 3.8) is 0 Å². The van der Waals surface area contributed by atoms with Gasteiger partial charge >= 0.3 is 6.18 Å². The monoisotopic (exact) mass is 347 g/mol. The summed E-state index contributed by atoms with van der Waals surface area (Å²) in [5.41, 5.74) is -0.555. The quantitative estimate of drug-likeness (QED) is 0.822. The Hall–Kier alpha value is -1.50. The topological polar surface area (TPSA) is 29.9 Å². The van der Waals surface area contributed by atoms with Crippen LogP contribution < -0.4 is 5.32 Å². The fourth-order valence-electron chi connectivity index (χ4n) is 1.81. The average Bonchev–Trinajstić information content (AvgIpc) is 2.88. The second-order valence-corrected chi connectivity index (χ2v) is 5.18. The van der Waals surface area contributed by atoms with Gasteiger partial charge in [0.05, 0.1) is 11.9 Å². The van der Waals surface area contributed by atoms with E-state index in [0.29, 0.717) is 24.0 Å². The molecule has 0 spiro atoms. The zero-order valence-electron chi connectivity index (χ0n) is 10.5. The van der Waals surface area contributed by atoms with Crippen molar-refractivity contribution >= 4 is 21.6 Å². The van der Waals surface area contributed by atoms with Gasteiger partial charge < -0.3 is 9.88 Å². The summed E-state index contributed by atoms with van der Waals surface area (Å²) in [6, 6.07) is 4.11. The minimum absolute atomic E-state index is 0.103. The molecule has 0 aliphatic heterocycles. The Balaban J connectivity index is 1.95. The van der Waals surface area contributed by atoms with Crippen LogP contribution in [0, 0.1) is 0 Å². The summed E-state index contributed by atoms with van der Waals surface area (Å²) in [5.74, 6) is 0. The summed E-state index contributed by atoms with van der Waals surface area (Å²) in [6.07, 6.45) is 1.52. The Bertz CT molecular complexity index is 552. The van der Waals surface area contributed by atoms with Gasteiger partial charge in [-0.05, 0) is 24.6 Å². The van der Waals surface area contributed by atoms with Gasteiger partial charge in [0.2, 0.25) is 0 Å². The summed E-state index contributed by atoms with van der Waals surface area (Å²) >= 11 is 3.06. The van der Waals surface area contributed by atoms with Crippen molar-refractivity contribution in [3.8, 4) is 0 Å². The summed E-state index contributed by atoms with van der Waals surface area (Å²) in [5, 5.41) is 2.83. The van der Waals surface area contributed by atoms with E-state index >= 15 is 0 Å². The van der Waals surface area contributed by atoms with Gasteiger partial charge in [-0.3, -0.25) is 0 Å². The minimum Gasteiger partial charge on any atom is -0.384 e. The lowest BCUT2D eigenvalue weighted by Gasteiger charge is -2.15. The molecule has 2 rings (SSSR count). The lowest BCUT2D eigenvalue weighted by molar-refractivity contribution is -0.137. The van der Waals surface area contributed by atoms with Gasteiger partial charge in [0.1, 0.15) is 0 Å². The predicted molar refractivity (Wildman–Crippen MR) is 74.5 cm³/mol. The molecule has 3 nitrogen and oxygen atoms in total. The van der Waals surface area contributed by atoms with Gasteiger partial charge in [-0.15, -0.1) is 0 Å². The van der Waals surface area contributed by atoms with E-state index < -0.39 is 11.7 Å². The maximum Gasteiger partial charge on any atom is 0.418 e. The van der Waals surface area contributed by atoms with Gasteiger partial charge in [0.25, 0.3) is 0 Å². The number of alkyl halides is 3. The number of hydrogen-bond acceptors (Lipinski definition) is 2. The maximum atomic E-state index is 12.9. The first kappa shape index (κ1) is 14.9. The van der Waals surface area contributed by atoms with E-state index in [9.17, 15) is 13.2 Å². The molecule has 0 amide bonds. The molecule has 0 unspecified atom stereocenters. The molecule has 0 fully saturated rings. The van der Waals surface area contributed by atoms with Crippen molar-refractivity contribution in [1.82, 2.24) is 9.55 Å². The van der Waals surface area contributed by atoms with Crippen LogP contribution in [0.2, 0.25) is 0 Å². The second-order valence-electron chi connectivity index (χ2n) is 4.27. The van der Waals surface area contributed by atoms with Crippen LogP contribution in [-0.4, -0.2) is 16.1 Å². The highest BCUT2D eigenvalue weighted by atomic mass is 79.9. The van der Waals surface area contributed by atoms with Crippen LogP contribution in [0.3, 0.4) is 0 Å².